The number of rotatable bonds is 6. The number of amides is 2. The molecule has 2 aromatic carbocycles. The molecule has 0 saturated heterocycles. The van der Waals surface area contributed by atoms with E-state index >= 15 is 0 Å². The molecule has 1 aliphatic rings. The molecule has 4 aromatic rings. The van der Waals surface area contributed by atoms with Crippen molar-refractivity contribution in [1.82, 2.24) is 14.0 Å². The number of aryl methyl sites for hydroxylation is 2. The van der Waals surface area contributed by atoms with Crippen LogP contribution in [-0.4, -0.2) is 39.2 Å². The van der Waals surface area contributed by atoms with E-state index in [4.69, 9.17) is 4.74 Å². The standard InChI is InChI=1S/C29H30N4O5S/c1-4-38-29(37)31-13-12-22-23(16-31)39-27-25(22)26(35)32(15-20-8-6-5-7-9-20)28(36)33(27)17-24(34)30-21-11-10-18(2)19(3)14-21/h5-11,14H,4,12-13,15-17H2,1-3H3,(H,30,34). The normalized spacial score (nSPS) is 12.8. The number of carbonyl (C=O) groups excluding carboxylic acids is 2. The molecule has 9 nitrogen and oxygen atoms in total. The number of carbonyl (C=O) groups is 2. The van der Waals surface area contributed by atoms with E-state index in [0.717, 1.165) is 27.1 Å². The zero-order chi connectivity index (χ0) is 27.7. The molecule has 1 aliphatic heterocycles. The van der Waals surface area contributed by atoms with Gasteiger partial charge in [-0.2, -0.15) is 0 Å². The molecular weight excluding hydrogens is 516 g/mol. The second-order valence-electron chi connectivity index (χ2n) is 9.65. The van der Waals surface area contributed by atoms with Gasteiger partial charge < -0.3 is 15.0 Å². The van der Waals surface area contributed by atoms with Gasteiger partial charge in [0.05, 0.1) is 25.1 Å². The Labute approximate surface area is 229 Å². The quantitative estimate of drug-likeness (QED) is 0.393. The summed E-state index contributed by atoms with van der Waals surface area (Å²) in [7, 11) is 0. The van der Waals surface area contributed by atoms with E-state index < -0.39 is 11.8 Å². The molecule has 1 N–H and O–H groups in total. The maximum Gasteiger partial charge on any atom is 0.410 e. The third-order valence-electron chi connectivity index (χ3n) is 7.01. The molecule has 0 spiro atoms. The van der Waals surface area contributed by atoms with Gasteiger partial charge in [-0.1, -0.05) is 36.4 Å². The monoisotopic (exact) mass is 546 g/mol. The second-order valence-corrected chi connectivity index (χ2v) is 10.7. The summed E-state index contributed by atoms with van der Waals surface area (Å²) in [5.41, 5.74) is 3.49. The first-order valence-electron chi connectivity index (χ1n) is 12.9. The molecule has 5 rings (SSSR count). The Morgan fingerprint density at radius 3 is 2.51 bits per heavy atom. The van der Waals surface area contributed by atoms with Crippen molar-refractivity contribution in [2.75, 3.05) is 18.5 Å². The molecule has 0 saturated carbocycles. The van der Waals surface area contributed by atoms with E-state index in [9.17, 15) is 19.2 Å². The van der Waals surface area contributed by atoms with Crippen molar-refractivity contribution in [1.29, 1.82) is 0 Å². The summed E-state index contributed by atoms with van der Waals surface area (Å²) in [5, 5.41) is 3.32. The number of anilines is 1. The number of ether oxygens (including phenoxy) is 1. The molecule has 2 amide bonds. The maximum atomic E-state index is 13.8. The molecule has 0 radical (unpaired) electrons. The van der Waals surface area contributed by atoms with Gasteiger partial charge in [0.15, 0.2) is 0 Å². The predicted molar refractivity (Wildman–Crippen MR) is 152 cm³/mol. The highest BCUT2D eigenvalue weighted by Crippen LogP contribution is 2.33. The fourth-order valence-electron chi connectivity index (χ4n) is 4.83. The van der Waals surface area contributed by atoms with E-state index in [0.29, 0.717) is 28.9 Å². The van der Waals surface area contributed by atoms with Gasteiger partial charge in [-0.05, 0) is 61.6 Å². The average Bonchev–Trinajstić information content (AvgIpc) is 3.31. The van der Waals surface area contributed by atoms with E-state index in [2.05, 4.69) is 5.32 Å². The van der Waals surface area contributed by atoms with Crippen LogP contribution in [-0.2, 0) is 35.6 Å². The largest absolute Gasteiger partial charge is 0.450 e. The number of hydrogen-bond donors (Lipinski definition) is 1. The van der Waals surface area contributed by atoms with Gasteiger partial charge in [-0.3, -0.25) is 18.7 Å². The summed E-state index contributed by atoms with van der Waals surface area (Å²) in [5.74, 6) is -0.369. The number of thiophene rings is 1. The zero-order valence-electron chi connectivity index (χ0n) is 22.2. The molecule has 2 aromatic heterocycles. The van der Waals surface area contributed by atoms with Gasteiger partial charge in [0.1, 0.15) is 11.4 Å². The predicted octanol–water partition coefficient (Wildman–Crippen LogP) is 4.04. The van der Waals surface area contributed by atoms with Crippen molar-refractivity contribution in [2.24, 2.45) is 0 Å². The summed E-state index contributed by atoms with van der Waals surface area (Å²) in [4.78, 5) is 55.9. The lowest BCUT2D eigenvalue weighted by Gasteiger charge is -2.25. The van der Waals surface area contributed by atoms with Crippen molar-refractivity contribution >= 4 is 39.2 Å². The summed E-state index contributed by atoms with van der Waals surface area (Å²) >= 11 is 1.28. The minimum absolute atomic E-state index is 0.0901. The first kappa shape index (κ1) is 26.4. The Morgan fingerprint density at radius 1 is 1.03 bits per heavy atom. The molecule has 10 heteroatoms. The Balaban J connectivity index is 1.58. The summed E-state index contributed by atoms with van der Waals surface area (Å²) in [6.07, 6.45) is 0.0501. The highest BCUT2D eigenvalue weighted by Gasteiger charge is 2.29. The fraction of sp³-hybridized carbons (Fsp3) is 0.310. The first-order chi connectivity index (χ1) is 18.8. The number of nitrogens with one attached hydrogen (secondary N) is 1. The van der Waals surface area contributed by atoms with Gasteiger partial charge >= 0.3 is 11.8 Å². The third kappa shape index (κ3) is 5.24. The van der Waals surface area contributed by atoms with Gasteiger partial charge in [-0.25, -0.2) is 9.59 Å². The Morgan fingerprint density at radius 2 is 1.79 bits per heavy atom. The van der Waals surface area contributed by atoms with Crippen molar-refractivity contribution < 1.29 is 14.3 Å². The Bertz CT molecular complexity index is 1690. The highest BCUT2D eigenvalue weighted by molar-refractivity contribution is 7.18. The number of benzene rings is 2. The van der Waals surface area contributed by atoms with Gasteiger partial charge in [0.25, 0.3) is 5.56 Å². The van der Waals surface area contributed by atoms with Crippen molar-refractivity contribution in [3.63, 3.8) is 0 Å². The SMILES string of the molecule is CCOC(=O)N1CCc2c(sc3c2c(=O)n(Cc2ccccc2)c(=O)n3CC(=O)Nc2ccc(C)c(C)c2)C1. The smallest absolute Gasteiger partial charge is 0.410 e. The van der Waals surface area contributed by atoms with Crippen LogP contribution in [0.3, 0.4) is 0 Å². The van der Waals surface area contributed by atoms with Crippen LogP contribution in [0.15, 0.2) is 58.1 Å². The Hall–Kier alpha value is -4.18. The molecule has 0 fully saturated rings. The van der Waals surface area contributed by atoms with Crippen LogP contribution in [0, 0.1) is 13.8 Å². The van der Waals surface area contributed by atoms with E-state index in [1.54, 1.807) is 11.8 Å². The molecule has 0 bridgehead atoms. The van der Waals surface area contributed by atoms with Crippen LogP contribution in [0.4, 0.5) is 10.5 Å². The Kier molecular flexibility index (Phi) is 7.38. The maximum absolute atomic E-state index is 13.8. The summed E-state index contributed by atoms with van der Waals surface area (Å²) in [6.45, 7) is 6.52. The molecule has 0 atom stereocenters. The molecular formula is C29H30N4O5S. The number of hydrogen-bond acceptors (Lipinski definition) is 6. The number of aromatic nitrogens is 2. The van der Waals surface area contributed by atoms with Crippen molar-refractivity contribution in [3.8, 4) is 0 Å². The van der Waals surface area contributed by atoms with Crippen LogP contribution in [0.25, 0.3) is 10.2 Å². The minimum atomic E-state index is -0.549. The van der Waals surface area contributed by atoms with Gasteiger partial charge in [0.2, 0.25) is 5.91 Å². The summed E-state index contributed by atoms with van der Waals surface area (Å²) < 4.78 is 7.75. The van der Waals surface area contributed by atoms with Crippen LogP contribution in [0.1, 0.15) is 34.1 Å². The molecule has 0 unspecified atom stereocenters. The fourth-order valence-corrected chi connectivity index (χ4v) is 6.18. The van der Waals surface area contributed by atoms with Gasteiger partial charge in [-0.15, -0.1) is 11.3 Å². The molecule has 39 heavy (non-hydrogen) atoms. The van der Waals surface area contributed by atoms with Crippen molar-refractivity contribution in [2.45, 2.75) is 46.8 Å². The van der Waals surface area contributed by atoms with Crippen LogP contribution in [0.5, 0.6) is 0 Å². The lowest BCUT2D eigenvalue weighted by Crippen LogP contribution is -2.42. The van der Waals surface area contributed by atoms with Crippen molar-refractivity contribution in [3.05, 3.63) is 96.5 Å². The molecule has 0 aliphatic carbocycles. The van der Waals surface area contributed by atoms with Crippen LogP contribution >= 0.6 is 11.3 Å². The first-order valence-corrected chi connectivity index (χ1v) is 13.7. The molecule has 202 valence electrons. The molecule has 3 heterocycles. The van der Waals surface area contributed by atoms with Crippen LogP contribution in [0.2, 0.25) is 0 Å². The topological polar surface area (TPSA) is 103 Å². The lowest BCUT2D eigenvalue weighted by molar-refractivity contribution is -0.116. The number of nitrogens with zero attached hydrogens (tertiary/aromatic N) is 3. The van der Waals surface area contributed by atoms with Gasteiger partial charge in [0, 0.05) is 17.1 Å². The average molecular weight is 547 g/mol. The highest BCUT2D eigenvalue weighted by atomic mass is 32.1. The van der Waals surface area contributed by atoms with E-state index in [-0.39, 0.29) is 37.7 Å². The van der Waals surface area contributed by atoms with Crippen LogP contribution < -0.4 is 16.6 Å². The lowest BCUT2D eigenvalue weighted by atomic mass is 10.1. The van der Waals surface area contributed by atoms with E-state index in [1.807, 2.05) is 62.4 Å². The third-order valence-corrected chi connectivity index (χ3v) is 8.25. The zero-order valence-corrected chi connectivity index (χ0v) is 23.0. The number of fused-ring (bicyclic) bond motifs is 3. The second kappa shape index (κ2) is 10.9. The summed E-state index contributed by atoms with van der Waals surface area (Å²) in [6, 6.07) is 14.9. The minimum Gasteiger partial charge on any atom is -0.450 e. The van der Waals surface area contributed by atoms with E-state index in [1.165, 1.54) is 20.5 Å².